The highest BCUT2D eigenvalue weighted by Gasteiger charge is 2.12. The van der Waals surface area contributed by atoms with Crippen molar-refractivity contribution in [3.05, 3.63) is 181 Å². The first kappa shape index (κ1) is 50.2. The Balaban J connectivity index is 0.000000220. The maximum atomic E-state index is 12.3. The van der Waals surface area contributed by atoms with Gasteiger partial charge >= 0.3 is 40.2 Å². The number of benzene rings is 6. The highest BCUT2D eigenvalue weighted by molar-refractivity contribution is 14.1. The Morgan fingerprint density at radius 1 is 0.532 bits per heavy atom. The molecule has 1 heterocycles. The summed E-state index contributed by atoms with van der Waals surface area (Å²) in [5.74, 6) is -4.80. The molecule has 0 saturated heterocycles. The second-order valence-corrected chi connectivity index (χ2v) is 16.6. The normalized spacial score (nSPS) is 10.2. The van der Waals surface area contributed by atoms with Crippen LogP contribution in [0.1, 0.15) is 51.8 Å². The van der Waals surface area contributed by atoms with Gasteiger partial charge in [0.05, 0.1) is 27.8 Å². The fourth-order valence-electron chi connectivity index (χ4n) is 4.71. The van der Waals surface area contributed by atoms with Crippen molar-refractivity contribution in [2.45, 2.75) is 14.7 Å². The van der Waals surface area contributed by atoms with Crippen LogP contribution in [0.3, 0.4) is 0 Å². The number of halogens is 1. The average Bonchev–Trinajstić information content (AvgIpc) is 3.21. The molecule has 0 radical (unpaired) electrons. The monoisotopic (exact) mass is 1030 g/mol. The number of carboxylic acids is 5. The molecule has 20 heteroatoms. The molecule has 6 aromatic carbocycles. The first-order valence-corrected chi connectivity index (χ1v) is 21.4. The molecule has 0 spiro atoms. The Labute approximate surface area is 379 Å². The van der Waals surface area contributed by atoms with E-state index in [4.69, 9.17) is 43.1 Å². The predicted octanol–water partition coefficient (Wildman–Crippen LogP) is 9.36. The molecule has 7 aromatic rings. The number of thiol groups is 1. The predicted molar refractivity (Wildman–Crippen MR) is 244 cm³/mol. The maximum Gasteiger partial charge on any atom is 0.394 e. The molecule has 7 rings (SSSR count). The van der Waals surface area contributed by atoms with Crippen LogP contribution in [0.2, 0.25) is 0 Å². The van der Waals surface area contributed by atoms with E-state index in [9.17, 15) is 28.8 Å². The fraction of sp³-hybridized carbons (Fsp3) is 0. The Bertz CT molecular complexity index is 2890. The van der Waals surface area contributed by atoms with Gasteiger partial charge in [0, 0.05) is 38.4 Å². The minimum Gasteiger partial charge on any atom is -0.478 e. The van der Waals surface area contributed by atoms with Crippen molar-refractivity contribution < 1.29 is 67.0 Å². The molecule has 15 nitrogen and oxygen atoms in total. The summed E-state index contributed by atoms with van der Waals surface area (Å²) in [5, 5.41) is 44.9. The second-order valence-electron chi connectivity index (χ2n) is 11.8. The van der Waals surface area contributed by atoms with Gasteiger partial charge in [-0.1, -0.05) is 48.2 Å². The lowest BCUT2D eigenvalue weighted by atomic mass is 10.1. The molecule has 0 aliphatic carbocycles. The molecule has 0 aliphatic rings. The van der Waals surface area contributed by atoms with Crippen molar-refractivity contribution >= 4 is 119 Å². The number of fused-ring (bicyclic) bond motifs is 2. The fourth-order valence-corrected chi connectivity index (χ4v) is 7.31. The van der Waals surface area contributed by atoms with E-state index in [0.29, 0.717) is 26.1 Å². The zero-order chi connectivity index (χ0) is 46.1. The summed E-state index contributed by atoms with van der Waals surface area (Å²) in [6.07, 6.45) is 0. The molecule has 62 heavy (non-hydrogen) atoms. The van der Waals surface area contributed by atoms with Gasteiger partial charge in [-0.15, -0.1) is 24.0 Å². The average molecular weight is 1030 g/mol. The first-order chi connectivity index (χ1) is 29.2. The van der Waals surface area contributed by atoms with Gasteiger partial charge in [0.25, 0.3) is 0 Å². The molecule has 0 saturated carbocycles. The molecule has 0 aliphatic heterocycles. The lowest BCUT2D eigenvalue weighted by Crippen LogP contribution is -2.03. The number of hydrogen-bond acceptors (Lipinski definition) is 11. The molecule has 0 unspecified atom stereocenters. The minimum atomic E-state index is -4.67. The van der Waals surface area contributed by atoms with Gasteiger partial charge < -0.3 is 25.5 Å². The van der Waals surface area contributed by atoms with Crippen molar-refractivity contribution in [3.8, 4) is 0 Å². The van der Waals surface area contributed by atoms with Crippen molar-refractivity contribution in [2.75, 3.05) is 0 Å². The Kier molecular flexibility index (Phi) is 19.2. The highest BCUT2D eigenvalue weighted by Crippen LogP contribution is 2.31. The molecule has 1 aromatic heterocycles. The van der Waals surface area contributed by atoms with Crippen LogP contribution in [0.25, 0.3) is 20.2 Å². The molecule has 0 bridgehead atoms. The van der Waals surface area contributed by atoms with Crippen LogP contribution >= 0.6 is 58.3 Å². The lowest BCUT2D eigenvalue weighted by molar-refractivity contribution is 0.0682. The van der Waals surface area contributed by atoms with Gasteiger partial charge in [-0.05, 0) is 126 Å². The van der Waals surface area contributed by atoms with Crippen LogP contribution in [-0.4, -0.2) is 72.9 Å². The minimum absolute atomic E-state index is 0.109. The molecule has 7 N–H and O–H groups in total. The number of rotatable bonds is 7. The summed E-state index contributed by atoms with van der Waals surface area (Å²) < 4.78 is 34.4. The van der Waals surface area contributed by atoms with E-state index in [1.807, 2.05) is 18.2 Å². The van der Waals surface area contributed by atoms with Crippen LogP contribution < -0.4 is 5.43 Å². The van der Waals surface area contributed by atoms with E-state index in [1.165, 1.54) is 59.5 Å². The topological polar surface area (TPSA) is 278 Å². The Morgan fingerprint density at radius 2 is 0.968 bits per heavy atom. The van der Waals surface area contributed by atoms with Crippen molar-refractivity contribution in [3.63, 3.8) is 0 Å². The SMILES string of the molecule is O=C(O)c1ccc(I)cc1.O=C(O)c1ccc(Sc2ccccc2C(=O)O)cc1.O=C(O)c1ccc2sc3ccccc3c(=O)c2c1.O=C(O)c1ccccc1S.O=S(=O)(O)O. The van der Waals surface area contributed by atoms with E-state index in [-0.39, 0.29) is 27.7 Å². The van der Waals surface area contributed by atoms with Crippen molar-refractivity contribution in [1.82, 2.24) is 0 Å². The quantitative estimate of drug-likeness (QED) is 0.0319. The Hall–Kier alpha value is -6.14. The third kappa shape index (κ3) is 16.4. The zero-order valence-electron chi connectivity index (χ0n) is 31.2. The smallest absolute Gasteiger partial charge is 0.394 e. The Morgan fingerprint density at radius 3 is 1.47 bits per heavy atom. The highest BCUT2D eigenvalue weighted by atomic mass is 127. The zero-order valence-corrected chi connectivity index (χ0v) is 36.7. The number of hydrogen-bond donors (Lipinski definition) is 8. The van der Waals surface area contributed by atoms with Gasteiger partial charge in [0.1, 0.15) is 0 Å². The molecular weight excluding hydrogens is 1000 g/mol. The van der Waals surface area contributed by atoms with Crippen LogP contribution in [0.4, 0.5) is 0 Å². The molecule has 320 valence electrons. The van der Waals surface area contributed by atoms with Crippen LogP contribution in [0.5, 0.6) is 0 Å². The van der Waals surface area contributed by atoms with E-state index < -0.39 is 40.2 Å². The maximum absolute atomic E-state index is 12.3. The van der Waals surface area contributed by atoms with E-state index >= 15 is 0 Å². The summed E-state index contributed by atoms with van der Waals surface area (Å²) in [7, 11) is -4.67. The van der Waals surface area contributed by atoms with E-state index in [1.54, 1.807) is 84.9 Å². The standard InChI is InChI=1S/C14H10O4S.C14H8O3S.C7H5IO2.C7H6O2S.H2O4S/c15-13(16)9-5-7-10(8-6-9)19-12-4-2-1-3-11(12)14(17)18;15-13-9-3-1-2-4-11(9)18-12-6-5-8(14(16)17)7-10(12)13;8-6-3-1-5(2-4-6)7(9)10;8-7(9)5-3-1-2-4-6(5)10;1-5(2,3)4/h1-8H,(H,15,16)(H,17,18);1-7H,(H,16,17);1-4H,(H,9,10);1-4,10H,(H,8,9);(H2,1,2,3,4). The number of carboxylic acid groups (broad SMARTS) is 5. The van der Waals surface area contributed by atoms with Crippen molar-refractivity contribution in [2.24, 2.45) is 0 Å². The number of aromatic carboxylic acids is 5. The summed E-state index contributed by atoms with van der Waals surface area (Å²) in [6.45, 7) is 0. The molecular formula is C42H31IO15S4. The summed E-state index contributed by atoms with van der Waals surface area (Å²) >= 11 is 8.87. The van der Waals surface area contributed by atoms with Crippen LogP contribution in [0, 0.1) is 3.57 Å². The molecule has 0 amide bonds. The van der Waals surface area contributed by atoms with E-state index in [0.717, 1.165) is 17.9 Å². The largest absolute Gasteiger partial charge is 0.478 e. The van der Waals surface area contributed by atoms with Gasteiger partial charge in [-0.25, -0.2) is 24.0 Å². The third-order valence-electron chi connectivity index (χ3n) is 7.49. The van der Waals surface area contributed by atoms with E-state index in [2.05, 4.69) is 35.2 Å². The van der Waals surface area contributed by atoms with Crippen LogP contribution in [-0.2, 0) is 10.4 Å². The third-order valence-corrected chi connectivity index (χ3v) is 10.8. The lowest BCUT2D eigenvalue weighted by Gasteiger charge is -2.05. The number of carbonyl (C=O) groups is 5. The van der Waals surface area contributed by atoms with Gasteiger partial charge in [-0.3, -0.25) is 13.9 Å². The summed E-state index contributed by atoms with van der Waals surface area (Å²) in [6, 6.07) is 38.3. The molecule has 0 atom stereocenters. The van der Waals surface area contributed by atoms with Crippen LogP contribution in [0.15, 0.2) is 159 Å². The second kappa shape index (κ2) is 23.7. The van der Waals surface area contributed by atoms with Gasteiger partial charge in [-0.2, -0.15) is 8.42 Å². The first-order valence-electron chi connectivity index (χ1n) is 16.9. The summed E-state index contributed by atoms with van der Waals surface area (Å²) in [4.78, 5) is 67.6. The van der Waals surface area contributed by atoms with Gasteiger partial charge in [0.15, 0.2) is 5.43 Å². The molecule has 0 fully saturated rings. The van der Waals surface area contributed by atoms with Gasteiger partial charge in [0.2, 0.25) is 0 Å². The van der Waals surface area contributed by atoms with Crippen molar-refractivity contribution in [1.29, 1.82) is 0 Å². The summed E-state index contributed by atoms with van der Waals surface area (Å²) in [5.41, 5.74) is 1.04.